The Morgan fingerprint density at radius 3 is 2.64 bits per heavy atom. The van der Waals surface area contributed by atoms with Crippen molar-refractivity contribution in [2.45, 2.75) is 43.7 Å². The Hall–Kier alpha value is -1.73. The maximum absolute atomic E-state index is 11.5. The van der Waals surface area contributed by atoms with Crippen LogP contribution >= 0.6 is 0 Å². The first-order chi connectivity index (χ1) is 10.7. The van der Waals surface area contributed by atoms with Crippen molar-refractivity contribution >= 4 is 5.91 Å². The van der Waals surface area contributed by atoms with Gasteiger partial charge in [-0.2, -0.15) is 0 Å². The van der Waals surface area contributed by atoms with Crippen LogP contribution in [0.3, 0.4) is 0 Å². The third kappa shape index (κ3) is 3.20. The number of rotatable bonds is 4. The second-order valence-electron chi connectivity index (χ2n) is 6.03. The molecule has 3 N–H and O–H groups in total. The summed E-state index contributed by atoms with van der Waals surface area (Å²) in [5.41, 5.74) is 6.66. The number of aliphatic hydroxyl groups excluding tert-OH is 1. The van der Waals surface area contributed by atoms with Gasteiger partial charge in [-0.15, -0.1) is 0 Å². The van der Waals surface area contributed by atoms with Crippen molar-refractivity contribution in [2.75, 3.05) is 19.7 Å². The third-order valence-electron chi connectivity index (χ3n) is 4.47. The van der Waals surface area contributed by atoms with Crippen molar-refractivity contribution in [3.8, 4) is 5.88 Å². The van der Waals surface area contributed by atoms with E-state index in [0.717, 1.165) is 31.4 Å². The van der Waals surface area contributed by atoms with Crippen LogP contribution < -0.4 is 10.5 Å². The molecule has 120 valence electrons. The summed E-state index contributed by atoms with van der Waals surface area (Å²) >= 11 is 0. The van der Waals surface area contributed by atoms with Crippen molar-refractivity contribution in [2.24, 2.45) is 5.73 Å². The molecule has 1 aromatic heterocycles. The van der Waals surface area contributed by atoms with E-state index in [-0.39, 0.29) is 24.0 Å². The second-order valence-corrected chi connectivity index (χ2v) is 6.03. The largest absolute Gasteiger partial charge is 0.473 e. The predicted molar refractivity (Wildman–Crippen MR) is 79.3 cm³/mol. The molecular weight excluding hydrogens is 284 g/mol. The number of aliphatic hydroxyl groups is 1. The number of ether oxygens (including phenoxy) is 1. The second kappa shape index (κ2) is 6.58. The molecule has 0 bridgehead atoms. The first-order valence-electron chi connectivity index (χ1n) is 7.79. The smallest absolute Gasteiger partial charge is 0.248 e. The number of aromatic nitrogens is 2. The summed E-state index contributed by atoms with van der Waals surface area (Å²) in [7, 11) is 0. The molecule has 2 heterocycles. The van der Waals surface area contributed by atoms with Gasteiger partial charge in [-0.3, -0.25) is 9.78 Å². The summed E-state index contributed by atoms with van der Waals surface area (Å²) in [4.78, 5) is 22.0. The molecule has 0 spiro atoms. The zero-order valence-electron chi connectivity index (χ0n) is 12.5. The maximum atomic E-state index is 11.5. The van der Waals surface area contributed by atoms with Crippen LogP contribution in [-0.4, -0.2) is 57.7 Å². The summed E-state index contributed by atoms with van der Waals surface area (Å²) in [6, 6.07) is 0.234. The summed E-state index contributed by atoms with van der Waals surface area (Å²) in [6.45, 7) is 0.842. The van der Waals surface area contributed by atoms with Crippen molar-refractivity contribution in [3.05, 3.63) is 18.1 Å². The molecule has 1 amide bonds. The number of hydrogen-bond donors (Lipinski definition) is 2. The number of piperidine rings is 1. The lowest BCUT2D eigenvalue weighted by molar-refractivity contribution is -0.135. The van der Waals surface area contributed by atoms with Gasteiger partial charge in [0.2, 0.25) is 11.8 Å². The summed E-state index contributed by atoms with van der Waals surface area (Å²) in [5, 5.41) is 8.92. The molecule has 1 aliphatic carbocycles. The third-order valence-corrected chi connectivity index (χ3v) is 4.47. The molecule has 1 aromatic rings. The molecule has 1 saturated carbocycles. The maximum Gasteiger partial charge on any atom is 0.248 e. The summed E-state index contributed by atoms with van der Waals surface area (Å²) in [5.74, 6) is 0.629. The van der Waals surface area contributed by atoms with E-state index in [9.17, 15) is 4.79 Å². The van der Waals surface area contributed by atoms with Gasteiger partial charge in [-0.1, -0.05) is 0 Å². The minimum Gasteiger partial charge on any atom is -0.473 e. The zero-order valence-corrected chi connectivity index (χ0v) is 12.5. The number of amides is 1. The van der Waals surface area contributed by atoms with Crippen LogP contribution in [0.2, 0.25) is 0 Å². The molecule has 0 atom stereocenters. The van der Waals surface area contributed by atoms with Gasteiger partial charge in [0.25, 0.3) is 0 Å². The normalized spacial score (nSPS) is 25.6. The van der Waals surface area contributed by atoms with E-state index in [2.05, 4.69) is 9.97 Å². The van der Waals surface area contributed by atoms with E-state index in [1.165, 1.54) is 0 Å². The topological polar surface area (TPSA) is 102 Å². The monoisotopic (exact) mass is 306 g/mol. The van der Waals surface area contributed by atoms with Crippen LogP contribution in [0.4, 0.5) is 0 Å². The molecule has 1 aliphatic heterocycles. The summed E-state index contributed by atoms with van der Waals surface area (Å²) < 4.78 is 5.93. The Bertz CT molecular complexity index is 525. The molecule has 0 unspecified atom stereocenters. The predicted octanol–water partition coefficient (Wildman–Crippen LogP) is 0.0434. The van der Waals surface area contributed by atoms with Crippen molar-refractivity contribution in [1.82, 2.24) is 14.9 Å². The van der Waals surface area contributed by atoms with Crippen molar-refractivity contribution < 1.29 is 14.6 Å². The lowest BCUT2D eigenvalue weighted by atomic mass is 9.90. The van der Waals surface area contributed by atoms with Gasteiger partial charge in [0.15, 0.2) is 0 Å². The highest BCUT2D eigenvalue weighted by molar-refractivity contribution is 5.77. The lowest BCUT2D eigenvalue weighted by Crippen LogP contribution is -2.43. The van der Waals surface area contributed by atoms with E-state index in [1.54, 1.807) is 17.3 Å². The standard InChI is InChI=1S/C15H22N4O3/c16-11-7-12(8-11)22-15-14(17-3-4-18-15)10-1-5-19(6-2-10)13(21)9-20/h3-4,10-12,20H,1-2,5-9,16H2. The van der Waals surface area contributed by atoms with Crippen LogP contribution in [0, 0.1) is 0 Å². The average molecular weight is 306 g/mol. The number of hydrogen-bond acceptors (Lipinski definition) is 6. The molecule has 1 saturated heterocycles. The molecule has 22 heavy (non-hydrogen) atoms. The summed E-state index contributed by atoms with van der Waals surface area (Å²) in [6.07, 6.45) is 6.80. The van der Waals surface area contributed by atoms with Gasteiger partial charge in [0.1, 0.15) is 18.4 Å². The van der Waals surface area contributed by atoms with E-state index in [0.29, 0.717) is 19.0 Å². The fraction of sp³-hybridized carbons (Fsp3) is 0.667. The number of nitrogens with zero attached hydrogens (tertiary/aromatic N) is 3. The number of carbonyl (C=O) groups is 1. The SMILES string of the molecule is NC1CC(Oc2nccnc2C2CCN(C(=O)CO)CC2)C1. The molecule has 7 nitrogen and oxygen atoms in total. The highest BCUT2D eigenvalue weighted by Crippen LogP contribution is 2.33. The Morgan fingerprint density at radius 1 is 1.32 bits per heavy atom. The van der Waals surface area contributed by atoms with E-state index in [4.69, 9.17) is 15.6 Å². The van der Waals surface area contributed by atoms with E-state index < -0.39 is 6.61 Å². The molecule has 0 radical (unpaired) electrons. The van der Waals surface area contributed by atoms with E-state index >= 15 is 0 Å². The molecule has 7 heteroatoms. The number of likely N-dealkylation sites (tertiary alicyclic amines) is 1. The quantitative estimate of drug-likeness (QED) is 0.814. The molecular formula is C15H22N4O3. The number of nitrogens with two attached hydrogens (primary N) is 1. The minimum atomic E-state index is -0.424. The van der Waals surface area contributed by atoms with Crippen molar-refractivity contribution in [3.63, 3.8) is 0 Å². The average Bonchev–Trinajstić information content (AvgIpc) is 2.53. The fourth-order valence-electron chi connectivity index (χ4n) is 3.07. The van der Waals surface area contributed by atoms with Gasteiger partial charge in [-0.05, 0) is 25.7 Å². The lowest BCUT2D eigenvalue weighted by Gasteiger charge is -2.34. The highest BCUT2D eigenvalue weighted by atomic mass is 16.5. The Labute approximate surface area is 129 Å². The van der Waals surface area contributed by atoms with Gasteiger partial charge in [0, 0.05) is 37.4 Å². The van der Waals surface area contributed by atoms with Gasteiger partial charge in [0.05, 0.1) is 0 Å². The van der Waals surface area contributed by atoms with Crippen LogP contribution in [0.25, 0.3) is 0 Å². The van der Waals surface area contributed by atoms with Crippen LogP contribution in [0.15, 0.2) is 12.4 Å². The Morgan fingerprint density at radius 2 is 2.00 bits per heavy atom. The molecule has 0 aromatic carbocycles. The zero-order chi connectivity index (χ0) is 15.5. The highest BCUT2D eigenvalue weighted by Gasteiger charge is 2.31. The first-order valence-corrected chi connectivity index (χ1v) is 7.79. The van der Waals surface area contributed by atoms with Gasteiger partial charge < -0.3 is 20.5 Å². The van der Waals surface area contributed by atoms with Crippen molar-refractivity contribution in [1.29, 1.82) is 0 Å². The molecule has 3 rings (SSSR count). The van der Waals surface area contributed by atoms with Crippen LogP contribution in [0.1, 0.15) is 37.3 Å². The molecule has 2 fully saturated rings. The Balaban J connectivity index is 1.64. The van der Waals surface area contributed by atoms with Crippen LogP contribution in [-0.2, 0) is 4.79 Å². The van der Waals surface area contributed by atoms with Gasteiger partial charge in [-0.25, -0.2) is 4.98 Å². The first kappa shape index (κ1) is 15.2. The Kier molecular flexibility index (Phi) is 4.54. The fourth-order valence-corrected chi connectivity index (χ4v) is 3.07. The van der Waals surface area contributed by atoms with Gasteiger partial charge >= 0.3 is 0 Å². The molecule has 2 aliphatic rings. The number of carbonyl (C=O) groups excluding carboxylic acids is 1. The minimum absolute atomic E-state index is 0.140. The van der Waals surface area contributed by atoms with Crippen LogP contribution in [0.5, 0.6) is 5.88 Å². The van der Waals surface area contributed by atoms with E-state index in [1.807, 2.05) is 0 Å².